The third kappa shape index (κ3) is 5.09. The Bertz CT molecular complexity index is 1110. The highest BCUT2D eigenvalue weighted by Crippen LogP contribution is 2.45. The van der Waals surface area contributed by atoms with E-state index in [-0.39, 0.29) is 29.9 Å². The average Bonchev–Trinajstić information content (AvgIpc) is 3.05. The van der Waals surface area contributed by atoms with E-state index in [1.807, 2.05) is 30.3 Å². The molecular formula is C28H28BrNO3. The van der Waals surface area contributed by atoms with E-state index < -0.39 is 11.8 Å². The zero-order valence-corrected chi connectivity index (χ0v) is 20.5. The SMILES string of the molecule is CC(C)=CCCC1=C[C@H](CC(=O)c2ccccc2)[C@@H]2C(=O)N(c3ccc(Br)cc3)C(=O)[C@@H]2C1. The first-order valence-corrected chi connectivity index (χ1v) is 12.2. The minimum atomic E-state index is -0.499. The highest BCUT2D eigenvalue weighted by molar-refractivity contribution is 9.10. The Morgan fingerprint density at radius 2 is 1.73 bits per heavy atom. The molecule has 0 aromatic heterocycles. The number of anilines is 1. The maximum atomic E-state index is 13.5. The maximum absolute atomic E-state index is 13.5. The molecule has 170 valence electrons. The molecule has 1 heterocycles. The summed E-state index contributed by atoms with van der Waals surface area (Å²) in [6, 6.07) is 16.4. The number of amides is 2. The fourth-order valence-electron chi connectivity index (χ4n) is 4.92. The van der Waals surface area contributed by atoms with Crippen LogP contribution < -0.4 is 4.90 Å². The largest absolute Gasteiger partial charge is 0.294 e. The summed E-state index contributed by atoms with van der Waals surface area (Å²) in [5, 5.41) is 0. The number of fused-ring (bicyclic) bond motifs is 1. The summed E-state index contributed by atoms with van der Waals surface area (Å²) in [7, 11) is 0. The summed E-state index contributed by atoms with van der Waals surface area (Å²) in [6.45, 7) is 4.14. The summed E-state index contributed by atoms with van der Waals surface area (Å²) < 4.78 is 0.886. The number of hydrogen-bond acceptors (Lipinski definition) is 3. The van der Waals surface area contributed by atoms with Crippen molar-refractivity contribution in [2.75, 3.05) is 4.90 Å². The summed E-state index contributed by atoms with van der Waals surface area (Å²) >= 11 is 3.41. The van der Waals surface area contributed by atoms with Gasteiger partial charge in [0.2, 0.25) is 11.8 Å². The predicted molar refractivity (Wildman–Crippen MR) is 134 cm³/mol. The second-order valence-electron chi connectivity index (χ2n) is 9.13. The van der Waals surface area contributed by atoms with Crippen molar-refractivity contribution in [1.82, 2.24) is 0 Å². The Hall–Kier alpha value is -2.79. The second-order valence-corrected chi connectivity index (χ2v) is 10.0. The zero-order valence-electron chi connectivity index (χ0n) is 19.0. The lowest BCUT2D eigenvalue weighted by Crippen LogP contribution is -2.33. The van der Waals surface area contributed by atoms with E-state index in [0.29, 0.717) is 17.7 Å². The molecule has 1 fully saturated rings. The van der Waals surface area contributed by atoms with Crippen LogP contribution >= 0.6 is 15.9 Å². The van der Waals surface area contributed by atoms with Crippen LogP contribution in [0.4, 0.5) is 5.69 Å². The van der Waals surface area contributed by atoms with Gasteiger partial charge in [0.1, 0.15) is 0 Å². The molecule has 2 aliphatic rings. The van der Waals surface area contributed by atoms with Gasteiger partial charge in [-0.2, -0.15) is 0 Å². The molecule has 0 bridgehead atoms. The first-order chi connectivity index (χ1) is 15.8. The number of allylic oxidation sites excluding steroid dienone is 4. The second kappa shape index (κ2) is 10.0. The van der Waals surface area contributed by atoms with Crippen molar-refractivity contribution in [3.63, 3.8) is 0 Å². The van der Waals surface area contributed by atoms with Crippen LogP contribution in [0.25, 0.3) is 0 Å². The van der Waals surface area contributed by atoms with Crippen LogP contribution in [0.1, 0.15) is 49.9 Å². The predicted octanol–water partition coefficient (Wildman–Crippen LogP) is 6.52. The third-order valence-electron chi connectivity index (χ3n) is 6.49. The van der Waals surface area contributed by atoms with Crippen molar-refractivity contribution >= 4 is 39.2 Å². The van der Waals surface area contributed by atoms with E-state index in [1.54, 1.807) is 24.3 Å². The molecule has 1 aliphatic heterocycles. The van der Waals surface area contributed by atoms with E-state index in [4.69, 9.17) is 0 Å². The number of imide groups is 1. The van der Waals surface area contributed by atoms with Gasteiger partial charge in [-0.3, -0.25) is 19.3 Å². The Morgan fingerprint density at radius 1 is 1.03 bits per heavy atom. The summed E-state index contributed by atoms with van der Waals surface area (Å²) in [5.41, 5.74) is 3.65. The molecule has 4 nitrogen and oxygen atoms in total. The van der Waals surface area contributed by atoms with Crippen molar-refractivity contribution in [1.29, 1.82) is 0 Å². The van der Waals surface area contributed by atoms with Gasteiger partial charge in [-0.15, -0.1) is 0 Å². The molecule has 1 saturated heterocycles. The van der Waals surface area contributed by atoms with Gasteiger partial charge < -0.3 is 0 Å². The molecule has 0 N–H and O–H groups in total. The minimum Gasteiger partial charge on any atom is -0.294 e. The van der Waals surface area contributed by atoms with Crippen LogP contribution in [0.15, 0.2) is 82.4 Å². The van der Waals surface area contributed by atoms with Gasteiger partial charge in [-0.25, -0.2) is 0 Å². The van der Waals surface area contributed by atoms with Crippen LogP contribution in [0.2, 0.25) is 0 Å². The van der Waals surface area contributed by atoms with Gasteiger partial charge in [0.05, 0.1) is 17.5 Å². The number of ketones is 1. The number of carbonyl (C=O) groups excluding carboxylic acids is 3. The van der Waals surface area contributed by atoms with E-state index >= 15 is 0 Å². The molecule has 2 amide bonds. The van der Waals surface area contributed by atoms with Gasteiger partial charge in [0.15, 0.2) is 5.78 Å². The van der Waals surface area contributed by atoms with Crippen LogP contribution in [0.3, 0.4) is 0 Å². The summed E-state index contributed by atoms with van der Waals surface area (Å²) in [5.74, 6) is -1.55. The molecule has 1 aliphatic carbocycles. The number of carbonyl (C=O) groups is 3. The van der Waals surface area contributed by atoms with Crippen molar-refractivity contribution < 1.29 is 14.4 Å². The van der Waals surface area contributed by atoms with Crippen molar-refractivity contribution in [2.24, 2.45) is 17.8 Å². The number of benzene rings is 2. The molecule has 3 atom stereocenters. The number of rotatable bonds is 7. The monoisotopic (exact) mass is 505 g/mol. The van der Waals surface area contributed by atoms with Crippen molar-refractivity contribution in [2.45, 2.75) is 39.5 Å². The molecule has 0 saturated carbocycles. The minimum absolute atomic E-state index is 0.00323. The molecule has 0 spiro atoms. The first kappa shape index (κ1) is 23.4. The molecule has 4 rings (SSSR count). The van der Waals surface area contributed by atoms with Gasteiger partial charge in [0, 0.05) is 16.5 Å². The Balaban J connectivity index is 1.64. The molecule has 2 aromatic rings. The lowest BCUT2D eigenvalue weighted by molar-refractivity contribution is -0.122. The zero-order chi connectivity index (χ0) is 23.5. The Morgan fingerprint density at radius 3 is 2.39 bits per heavy atom. The third-order valence-corrected chi connectivity index (χ3v) is 7.02. The van der Waals surface area contributed by atoms with Gasteiger partial charge in [0.25, 0.3) is 0 Å². The highest BCUT2D eigenvalue weighted by atomic mass is 79.9. The number of Topliss-reactive ketones (excluding diaryl/α,β-unsaturated/α-hetero) is 1. The molecular weight excluding hydrogens is 478 g/mol. The molecule has 2 aromatic carbocycles. The van der Waals surface area contributed by atoms with E-state index in [2.05, 4.69) is 41.9 Å². The molecule has 5 heteroatoms. The normalized spacial score (nSPS) is 22.1. The van der Waals surface area contributed by atoms with Crippen LogP contribution in [-0.2, 0) is 9.59 Å². The maximum Gasteiger partial charge on any atom is 0.238 e. The van der Waals surface area contributed by atoms with E-state index in [1.165, 1.54) is 16.0 Å². The quantitative estimate of drug-likeness (QED) is 0.244. The van der Waals surface area contributed by atoms with E-state index in [9.17, 15) is 14.4 Å². The topological polar surface area (TPSA) is 54.5 Å². The smallest absolute Gasteiger partial charge is 0.238 e. The van der Waals surface area contributed by atoms with E-state index in [0.717, 1.165) is 17.3 Å². The number of halogens is 1. The van der Waals surface area contributed by atoms with Crippen LogP contribution in [0.5, 0.6) is 0 Å². The van der Waals surface area contributed by atoms with Gasteiger partial charge in [-0.1, -0.05) is 69.6 Å². The van der Waals surface area contributed by atoms with Gasteiger partial charge >= 0.3 is 0 Å². The summed E-state index contributed by atoms with van der Waals surface area (Å²) in [6.07, 6.45) is 6.83. The van der Waals surface area contributed by atoms with Crippen molar-refractivity contribution in [3.05, 3.63) is 87.9 Å². The number of nitrogens with zero attached hydrogens (tertiary/aromatic N) is 1. The first-order valence-electron chi connectivity index (χ1n) is 11.4. The molecule has 33 heavy (non-hydrogen) atoms. The lowest BCUT2D eigenvalue weighted by atomic mass is 9.71. The molecule has 0 unspecified atom stereocenters. The van der Waals surface area contributed by atoms with Gasteiger partial charge in [-0.05, 0) is 63.3 Å². The van der Waals surface area contributed by atoms with Crippen molar-refractivity contribution in [3.8, 4) is 0 Å². The average molecular weight is 506 g/mol. The fourth-order valence-corrected chi connectivity index (χ4v) is 5.18. The van der Waals surface area contributed by atoms with Crippen LogP contribution in [-0.4, -0.2) is 17.6 Å². The highest BCUT2D eigenvalue weighted by Gasteiger charge is 2.52. The fraction of sp³-hybridized carbons (Fsp3) is 0.321. The lowest BCUT2D eigenvalue weighted by Gasteiger charge is -2.29. The Kier molecular flexibility index (Phi) is 7.08. The standard InChI is InChI=1S/C28H28BrNO3/c1-18(2)7-6-8-19-15-21(17-25(31)20-9-4-3-5-10-20)26-24(16-19)27(32)30(28(26)33)23-13-11-22(29)12-14-23/h3-5,7,9-15,21,24,26H,6,8,16-17H2,1-2H3/t21-,24-,26+/m1/s1. The Labute approximate surface area is 203 Å². The van der Waals surface area contributed by atoms with Crippen LogP contribution in [0, 0.1) is 17.8 Å². The number of hydrogen-bond donors (Lipinski definition) is 0. The molecule has 0 radical (unpaired) electrons. The summed E-state index contributed by atoms with van der Waals surface area (Å²) in [4.78, 5) is 41.3.